The van der Waals surface area contributed by atoms with Crippen LogP contribution in [0, 0.1) is 11.3 Å². The maximum atomic E-state index is 11.9. The Bertz CT molecular complexity index is 417. The SMILES string of the molecule is CN(CCC#N)C(=O)c1ccc(N(C)C)cc1. The predicted molar refractivity (Wildman–Crippen MR) is 68.0 cm³/mol. The van der Waals surface area contributed by atoms with Gasteiger partial charge in [0.2, 0.25) is 0 Å². The third-order valence-corrected chi connectivity index (χ3v) is 2.54. The maximum absolute atomic E-state index is 11.9. The van der Waals surface area contributed by atoms with Crippen molar-refractivity contribution in [3.63, 3.8) is 0 Å². The Morgan fingerprint density at radius 3 is 2.29 bits per heavy atom. The molecule has 1 rings (SSSR count). The third-order valence-electron chi connectivity index (χ3n) is 2.54. The molecule has 1 aromatic rings. The molecule has 0 spiro atoms. The van der Waals surface area contributed by atoms with Gasteiger partial charge in [0.05, 0.1) is 12.5 Å². The fourth-order valence-corrected chi connectivity index (χ4v) is 1.44. The summed E-state index contributed by atoms with van der Waals surface area (Å²) in [6.07, 6.45) is 0.359. The zero-order chi connectivity index (χ0) is 12.8. The molecule has 0 aliphatic carbocycles. The molecule has 0 bridgehead atoms. The van der Waals surface area contributed by atoms with Crippen molar-refractivity contribution < 1.29 is 4.79 Å². The standard InChI is InChI=1S/C13H17N3O/c1-15(2)12-7-5-11(6-8-12)13(17)16(3)10-4-9-14/h5-8H,4,10H2,1-3H3. The zero-order valence-corrected chi connectivity index (χ0v) is 10.5. The summed E-state index contributed by atoms with van der Waals surface area (Å²) < 4.78 is 0. The Hall–Kier alpha value is -2.02. The highest BCUT2D eigenvalue weighted by atomic mass is 16.2. The fraction of sp³-hybridized carbons (Fsp3) is 0.385. The number of amides is 1. The van der Waals surface area contributed by atoms with E-state index in [1.165, 1.54) is 0 Å². The molecular formula is C13H17N3O. The summed E-state index contributed by atoms with van der Waals surface area (Å²) in [5, 5.41) is 8.47. The molecule has 0 fully saturated rings. The van der Waals surface area contributed by atoms with Crippen LogP contribution in [-0.4, -0.2) is 38.5 Å². The van der Waals surface area contributed by atoms with Crippen LogP contribution in [0.5, 0.6) is 0 Å². The molecule has 17 heavy (non-hydrogen) atoms. The summed E-state index contributed by atoms with van der Waals surface area (Å²) >= 11 is 0. The molecule has 0 heterocycles. The average Bonchev–Trinajstić information content (AvgIpc) is 2.35. The summed E-state index contributed by atoms with van der Waals surface area (Å²) in [6, 6.07) is 9.46. The van der Waals surface area contributed by atoms with Crippen LogP contribution in [0.1, 0.15) is 16.8 Å². The first-order chi connectivity index (χ1) is 8.06. The van der Waals surface area contributed by atoms with Crippen LogP contribution >= 0.6 is 0 Å². The summed E-state index contributed by atoms with van der Waals surface area (Å²) in [5.41, 5.74) is 1.71. The zero-order valence-electron chi connectivity index (χ0n) is 10.5. The van der Waals surface area contributed by atoms with Crippen LogP contribution in [0.25, 0.3) is 0 Å². The van der Waals surface area contributed by atoms with Gasteiger partial charge in [0, 0.05) is 38.9 Å². The van der Waals surface area contributed by atoms with Crippen molar-refractivity contribution in [2.24, 2.45) is 0 Å². The van der Waals surface area contributed by atoms with Crippen molar-refractivity contribution in [2.75, 3.05) is 32.6 Å². The number of hydrogen-bond acceptors (Lipinski definition) is 3. The van der Waals surface area contributed by atoms with Gasteiger partial charge >= 0.3 is 0 Å². The lowest BCUT2D eigenvalue weighted by Crippen LogP contribution is -2.27. The molecule has 1 amide bonds. The molecule has 0 N–H and O–H groups in total. The normalized spacial score (nSPS) is 9.53. The highest BCUT2D eigenvalue weighted by Gasteiger charge is 2.10. The fourth-order valence-electron chi connectivity index (χ4n) is 1.44. The highest BCUT2D eigenvalue weighted by Crippen LogP contribution is 2.13. The molecule has 0 aromatic heterocycles. The van der Waals surface area contributed by atoms with E-state index in [4.69, 9.17) is 5.26 Å². The van der Waals surface area contributed by atoms with E-state index in [-0.39, 0.29) is 5.91 Å². The van der Waals surface area contributed by atoms with E-state index in [1.54, 1.807) is 24.1 Å². The molecule has 1 aromatic carbocycles. The maximum Gasteiger partial charge on any atom is 0.253 e. The third kappa shape index (κ3) is 3.49. The van der Waals surface area contributed by atoms with Crippen molar-refractivity contribution in [2.45, 2.75) is 6.42 Å². The van der Waals surface area contributed by atoms with E-state index in [0.29, 0.717) is 18.5 Å². The van der Waals surface area contributed by atoms with Crippen molar-refractivity contribution in [3.8, 4) is 6.07 Å². The van der Waals surface area contributed by atoms with E-state index in [9.17, 15) is 4.79 Å². The lowest BCUT2D eigenvalue weighted by molar-refractivity contribution is 0.0798. The number of benzene rings is 1. The molecule has 90 valence electrons. The van der Waals surface area contributed by atoms with Gasteiger partial charge in [-0.1, -0.05) is 0 Å². The minimum Gasteiger partial charge on any atom is -0.378 e. The van der Waals surface area contributed by atoms with E-state index in [1.807, 2.05) is 37.2 Å². The smallest absolute Gasteiger partial charge is 0.253 e. The monoisotopic (exact) mass is 231 g/mol. The number of nitriles is 1. The van der Waals surface area contributed by atoms with Crippen LogP contribution < -0.4 is 4.90 Å². The van der Waals surface area contributed by atoms with Gasteiger partial charge in [-0.3, -0.25) is 4.79 Å². The van der Waals surface area contributed by atoms with Gasteiger partial charge in [-0.2, -0.15) is 5.26 Å². The minimum atomic E-state index is -0.0504. The van der Waals surface area contributed by atoms with Crippen LogP contribution in [0.3, 0.4) is 0 Å². The van der Waals surface area contributed by atoms with Gasteiger partial charge in [-0.25, -0.2) is 0 Å². The number of carbonyl (C=O) groups excluding carboxylic acids is 1. The largest absolute Gasteiger partial charge is 0.378 e. The van der Waals surface area contributed by atoms with Crippen molar-refractivity contribution in [3.05, 3.63) is 29.8 Å². The first-order valence-corrected chi connectivity index (χ1v) is 5.46. The van der Waals surface area contributed by atoms with E-state index in [0.717, 1.165) is 5.69 Å². The topological polar surface area (TPSA) is 47.3 Å². The quantitative estimate of drug-likeness (QED) is 0.793. The molecule has 0 radical (unpaired) electrons. The lowest BCUT2D eigenvalue weighted by Gasteiger charge is -2.17. The number of hydrogen-bond donors (Lipinski definition) is 0. The van der Waals surface area contributed by atoms with Gasteiger partial charge in [0.25, 0.3) is 5.91 Å². The van der Waals surface area contributed by atoms with Gasteiger partial charge in [0.15, 0.2) is 0 Å². The highest BCUT2D eigenvalue weighted by molar-refractivity contribution is 5.94. The lowest BCUT2D eigenvalue weighted by atomic mass is 10.1. The molecule has 0 unspecified atom stereocenters. The van der Waals surface area contributed by atoms with Crippen molar-refractivity contribution in [1.82, 2.24) is 4.90 Å². The second kappa shape index (κ2) is 5.90. The average molecular weight is 231 g/mol. The summed E-state index contributed by atoms with van der Waals surface area (Å²) in [5.74, 6) is -0.0504. The molecule has 0 atom stereocenters. The van der Waals surface area contributed by atoms with Crippen LogP contribution in [0.15, 0.2) is 24.3 Å². The second-order valence-electron chi connectivity index (χ2n) is 4.08. The van der Waals surface area contributed by atoms with Crippen molar-refractivity contribution in [1.29, 1.82) is 5.26 Å². The first kappa shape index (κ1) is 13.0. The first-order valence-electron chi connectivity index (χ1n) is 5.46. The second-order valence-corrected chi connectivity index (χ2v) is 4.08. The van der Waals surface area contributed by atoms with Gasteiger partial charge < -0.3 is 9.80 Å². The van der Waals surface area contributed by atoms with Crippen LogP contribution in [0.2, 0.25) is 0 Å². The molecule has 0 aliphatic rings. The molecule has 4 heteroatoms. The minimum absolute atomic E-state index is 0.0504. The molecule has 0 saturated carbocycles. The van der Waals surface area contributed by atoms with Crippen LogP contribution in [-0.2, 0) is 0 Å². The van der Waals surface area contributed by atoms with Crippen LogP contribution in [0.4, 0.5) is 5.69 Å². The van der Waals surface area contributed by atoms with E-state index in [2.05, 4.69) is 0 Å². The van der Waals surface area contributed by atoms with Crippen molar-refractivity contribution >= 4 is 11.6 Å². The summed E-state index contributed by atoms with van der Waals surface area (Å²) in [4.78, 5) is 15.5. The summed E-state index contributed by atoms with van der Waals surface area (Å²) in [7, 11) is 5.62. The molecular weight excluding hydrogens is 214 g/mol. The van der Waals surface area contributed by atoms with Gasteiger partial charge in [-0.15, -0.1) is 0 Å². The Labute approximate surface area is 102 Å². The Balaban J connectivity index is 2.73. The molecule has 4 nitrogen and oxygen atoms in total. The molecule has 0 saturated heterocycles. The Morgan fingerprint density at radius 2 is 1.82 bits per heavy atom. The Morgan fingerprint density at radius 1 is 1.24 bits per heavy atom. The number of nitrogens with zero attached hydrogens (tertiary/aromatic N) is 3. The number of rotatable bonds is 4. The molecule has 0 aliphatic heterocycles. The van der Waals surface area contributed by atoms with Gasteiger partial charge in [0.1, 0.15) is 0 Å². The van der Waals surface area contributed by atoms with Gasteiger partial charge in [-0.05, 0) is 24.3 Å². The summed E-state index contributed by atoms with van der Waals surface area (Å²) in [6.45, 7) is 0.463. The predicted octanol–water partition coefficient (Wildman–Crippen LogP) is 1.74. The Kier molecular flexibility index (Phi) is 4.53. The number of anilines is 1. The van der Waals surface area contributed by atoms with E-state index >= 15 is 0 Å². The number of carbonyl (C=O) groups is 1. The van der Waals surface area contributed by atoms with E-state index < -0.39 is 0 Å².